The average Bonchev–Trinajstić information content (AvgIpc) is 3.07. The van der Waals surface area contributed by atoms with Crippen LogP contribution >= 0.6 is 0 Å². The Hall–Kier alpha value is -3.23. The van der Waals surface area contributed by atoms with Crippen molar-refractivity contribution in [3.05, 3.63) is 59.2 Å². The van der Waals surface area contributed by atoms with Gasteiger partial charge in [0.25, 0.3) is 5.91 Å². The van der Waals surface area contributed by atoms with E-state index in [-0.39, 0.29) is 17.3 Å². The van der Waals surface area contributed by atoms with Gasteiger partial charge in [-0.15, -0.1) is 0 Å². The number of benzene rings is 1. The number of nitrogens with zero attached hydrogens (tertiary/aromatic N) is 2. The van der Waals surface area contributed by atoms with Crippen LogP contribution in [-0.2, 0) is 12.6 Å². The number of aromatic nitrogens is 3. The number of alkyl halides is 3. The minimum absolute atomic E-state index is 0.0456. The number of hydrogen-bond acceptors (Lipinski definition) is 3. The van der Waals surface area contributed by atoms with E-state index in [1.54, 1.807) is 12.1 Å². The zero-order valence-electron chi connectivity index (χ0n) is 13.7. The molecule has 3 heterocycles. The molecule has 0 saturated heterocycles. The Morgan fingerprint density at radius 1 is 1.07 bits per heavy atom. The van der Waals surface area contributed by atoms with Crippen molar-refractivity contribution in [3.63, 3.8) is 0 Å². The molecule has 0 atom stereocenters. The summed E-state index contributed by atoms with van der Waals surface area (Å²) in [4.78, 5) is 23.2. The van der Waals surface area contributed by atoms with Crippen molar-refractivity contribution in [3.8, 4) is 22.8 Å². The number of fused-ring (bicyclic) bond motifs is 1. The first-order valence-corrected chi connectivity index (χ1v) is 8.03. The second-order valence-electron chi connectivity index (χ2n) is 6.04. The Labute approximate surface area is 150 Å². The summed E-state index contributed by atoms with van der Waals surface area (Å²) < 4.78 is 52.3. The minimum Gasteiger partial charge on any atom is -0.356 e. The standard InChI is InChI=1S/C18H12F4N4O/c19-12-7-9(18(20,21)22)1-2-10(12)16-23-5-4-14(26-16)15-8-11-13(25-15)3-6-24-17(11)27/h1-2,4-5,7-8,25H,3,6H2,(H,24,27). The van der Waals surface area contributed by atoms with Crippen molar-refractivity contribution in [1.29, 1.82) is 0 Å². The number of H-pyrrole nitrogens is 1. The van der Waals surface area contributed by atoms with Crippen molar-refractivity contribution in [1.82, 2.24) is 20.3 Å². The van der Waals surface area contributed by atoms with Gasteiger partial charge in [-0.05, 0) is 30.3 Å². The number of halogens is 4. The lowest BCUT2D eigenvalue weighted by Crippen LogP contribution is -2.31. The van der Waals surface area contributed by atoms with E-state index in [9.17, 15) is 22.4 Å². The van der Waals surface area contributed by atoms with Gasteiger partial charge in [-0.25, -0.2) is 14.4 Å². The molecule has 0 aliphatic carbocycles. The maximum absolute atomic E-state index is 14.2. The summed E-state index contributed by atoms with van der Waals surface area (Å²) in [6.07, 6.45) is -2.60. The Bertz CT molecular complexity index is 1040. The predicted molar refractivity (Wildman–Crippen MR) is 88.3 cm³/mol. The third-order valence-electron chi connectivity index (χ3n) is 4.27. The highest BCUT2D eigenvalue weighted by Gasteiger charge is 2.31. The molecule has 4 rings (SSSR count). The molecular formula is C18H12F4N4O. The lowest BCUT2D eigenvalue weighted by molar-refractivity contribution is -0.137. The third-order valence-corrected chi connectivity index (χ3v) is 4.27. The number of hydrogen-bond donors (Lipinski definition) is 2. The zero-order valence-corrected chi connectivity index (χ0v) is 13.7. The fraction of sp³-hybridized carbons (Fsp3) is 0.167. The van der Waals surface area contributed by atoms with Gasteiger partial charge in [0.1, 0.15) is 5.82 Å². The first-order chi connectivity index (χ1) is 12.8. The van der Waals surface area contributed by atoms with Gasteiger partial charge in [-0.3, -0.25) is 4.79 Å². The van der Waals surface area contributed by atoms with Gasteiger partial charge in [0, 0.05) is 24.9 Å². The first kappa shape index (κ1) is 17.2. The molecule has 2 aromatic heterocycles. The highest BCUT2D eigenvalue weighted by atomic mass is 19.4. The van der Waals surface area contributed by atoms with Crippen LogP contribution in [0.15, 0.2) is 36.5 Å². The van der Waals surface area contributed by atoms with Gasteiger partial charge in [0.15, 0.2) is 5.82 Å². The van der Waals surface area contributed by atoms with Crippen LogP contribution in [0.2, 0.25) is 0 Å². The second-order valence-corrected chi connectivity index (χ2v) is 6.04. The Balaban J connectivity index is 1.73. The van der Waals surface area contributed by atoms with Gasteiger partial charge >= 0.3 is 6.18 Å². The average molecular weight is 376 g/mol. The number of nitrogens with one attached hydrogen (secondary N) is 2. The summed E-state index contributed by atoms with van der Waals surface area (Å²) in [6, 6.07) is 5.42. The van der Waals surface area contributed by atoms with Gasteiger partial charge < -0.3 is 10.3 Å². The summed E-state index contributed by atoms with van der Waals surface area (Å²) in [6.45, 7) is 0.525. The molecule has 1 amide bonds. The van der Waals surface area contributed by atoms with E-state index in [1.165, 1.54) is 6.20 Å². The van der Waals surface area contributed by atoms with E-state index in [0.29, 0.717) is 36.0 Å². The molecule has 0 unspecified atom stereocenters. The third kappa shape index (κ3) is 3.16. The molecule has 9 heteroatoms. The topological polar surface area (TPSA) is 70.7 Å². The number of amides is 1. The van der Waals surface area contributed by atoms with Crippen LogP contribution < -0.4 is 5.32 Å². The van der Waals surface area contributed by atoms with Crippen molar-refractivity contribution < 1.29 is 22.4 Å². The van der Waals surface area contributed by atoms with Gasteiger partial charge in [-0.2, -0.15) is 13.2 Å². The van der Waals surface area contributed by atoms with E-state index < -0.39 is 17.6 Å². The fourth-order valence-electron chi connectivity index (χ4n) is 2.94. The Morgan fingerprint density at radius 2 is 1.89 bits per heavy atom. The SMILES string of the molecule is O=C1NCCc2[nH]c(-c3ccnc(-c4ccc(C(F)(F)F)cc4F)n3)cc21. The van der Waals surface area contributed by atoms with Crippen molar-refractivity contribution in [2.75, 3.05) is 6.54 Å². The van der Waals surface area contributed by atoms with Crippen LogP contribution in [-0.4, -0.2) is 27.4 Å². The molecule has 138 valence electrons. The molecule has 27 heavy (non-hydrogen) atoms. The van der Waals surface area contributed by atoms with Crippen LogP contribution in [0, 0.1) is 5.82 Å². The van der Waals surface area contributed by atoms with E-state index >= 15 is 0 Å². The summed E-state index contributed by atoms with van der Waals surface area (Å²) in [5.41, 5.74) is 1.02. The molecule has 1 aliphatic heterocycles. The molecule has 0 saturated carbocycles. The van der Waals surface area contributed by atoms with Gasteiger partial charge in [0.2, 0.25) is 0 Å². The molecular weight excluding hydrogens is 364 g/mol. The lowest BCUT2D eigenvalue weighted by atomic mass is 10.1. The molecule has 1 aromatic carbocycles. The maximum atomic E-state index is 14.2. The van der Waals surface area contributed by atoms with E-state index in [4.69, 9.17) is 0 Å². The van der Waals surface area contributed by atoms with Crippen molar-refractivity contribution >= 4 is 5.91 Å². The molecule has 2 N–H and O–H groups in total. The first-order valence-electron chi connectivity index (χ1n) is 8.03. The van der Waals surface area contributed by atoms with Crippen molar-refractivity contribution in [2.45, 2.75) is 12.6 Å². The summed E-state index contributed by atoms with van der Waals surface area (Å²) in [7, 11) is 0. The highest BCUT2D eigenvalue weighted by molar-refractivity contribution is 5.97. The fourth-order valence-corrected chi connectivity index (χ4v) is 2.94. The van der Waals surface area contributed by atoms with Crippen LogP contribution in [0.5, 0.6) is 0 Å². The number of carbonyl (C=O) groups excluding carboxylic acids is 1. The molecule has 0 fully saturated rings. The summed E-state index contributed by atoms with van der Waals surface area (Å²) >= 11 is 0. The number of aromatic amines is 1. The normalized spacial score (nSPS) is 14.0. The molecule has 0 spiro atoms. The van der Waals surface area contributed by atoms with Crippen LogP contribution in [0.3, 0.4) is 0 Å². The zero-order chi connectivity index (χ0) is 19.2. The summed E-state index contributed by atoms with van der Waals surface area (Å²) in [5, 5.41) is 2.73. The van der Waals surface area contributed by atoms with Crippen molar-refractivity contribution in [2.24, 2.45) is 0 Å². The summed E-state index contributed by atoms with van der Waals surface area (Å²) in [5.74, 6) is -1.30. The Kier molecular flexibility index (Phi) is 3.94. The van der Waals surface area contributed by atoms with Crippen LogP contribution in [0.4, 0.5) is 17.6 Å². The van der Waals surface area contributed by atoms with Crippen LogP contribution in [0.25, 0.3) is 22.8 Å². The van der Waals surface area contributed by atoms with Gasteiger partial charge in [-0.1, -0.05) is 0 Å². The highest BCUT2D eigenvalue weighted by Crippen LogP contribution is 2.32. The maximum Gasteiger partial charge on any atom is 0.416 e. The van der Waals surface area contributed by atoms with E-state index in [1.807, 2.05) is 0 Å². The number of rotatable bonds is 2. The lowest BCUT2D eigenvalue weighted by Gasteiger charge is -2.11. The molecule has 0 bridgehead atoms. The van der Waals surface area contributed by atoms with Crippen LogP contribution in [0.1, 0.15) is 21.6 Å². The molecule has 5 nitrogen and oxygen atoms in total. The van der Waals surface area contributed by atoms with E-state index in [0.717, 1.165) is 17.8 Å². The monoisotopic (exact) mass is 376 g/mol. The molecule has 3 aromatic rings. The quantitative estimate of drug-likeness (QED) is 0.672. The predicted octanol–water partition coefficient (Wildman–Crippen LogP) is 3.58. The molecule has 1 aliphatic rings. The van der Waals surface area contributed by atoms with Gasteiger partial charge in [0.05, 0.1) is 28.1 Å². The second kappa shape index (κ2) is 6.19. The molecule has 0 radical (unpaired) electrons. The van der Waals surface area contributed by atoms with E-state index in [2.05, 4.69) is 20.3 Å². The number of carbonyl (C=O) groups is 1. The largest absolute Gasteiger partial charge is 0.416 e. The smallest absolute Gasteiger partial charge is 0.356 e. The minimum atomic E-state index is -4.63. The Morgan fingerprint density at radius 3 is 2.59 bits per heavy atom.